The van der Waals surface area contributed by atoms with E-state index in [0.717, 1.165) is 31.1 Å². The van der Waals surface area contributed by atoms with Gasteiger partial charge in [0.1, 0.15) is 12.4 Å². The van der Waals surface area contributed by atoms with Crippen LogP contribution >= 0.6 is 0 Å². The molecule has 23 heavy (non-hydrogen) atoms. The summed E-state index contributed by atoms with van der Waals surface area (Å²) in [4.78, 5) is 4.61. The van der Waals surface area contributed by atoms with Gasteiger partial charge in [0.25, 0.3) is 0 Å². The molecule has 3 atom stereocenters. The summed E-state index contributed by atoms with van der Waals surface area (Å²) in [5.41, 5.74) is 1.24. The molecule has 2 saturated heterocycles. The minimum absolute atomic E-state index is 0.354. The molecule has 2 fully saturated rings. The normalized spacial score (nSPS) is 26.3. The summed E-state index contributed by atoms with van der Waals surface area (Å²) in [7, 11) is 0. The third-order valence-electron chi connectivity index (χ3n) is 4.42. The molecule has 2 N–H and O–H groups in total. The van der Waals surface area contributed by atoms with E-state index in [2.05, 4.69) is 41.6 Å². The number of hydrogen-bond acceptors (Lipinski definition) is 3. The van der Waals surface area contributed by atoms with Crippen LogP contribution in [0.4, 0.5) is 0 Å². The molecule has 0 radical (unpaired) electrons. The molecule has 0 amide bonds. The molecular weight excluding hydrogens is 290 g/mol. The number of ether oxygens (including phenoxy) is 2. The van der Waals surface area contributed by atoms with Crippen molar-refractivity contribution in [3.63, 3.8) is 0 Å². The lowest BCUT2D eigenvalue weighted by molar-refractivity contribution is 0.0992. The Balaban J connectivity index is 1.45. The summed E-state index contributed by atoms with van der Waals surface area (Å²) < 4.78 is 11.6. The zero-order valence-electron chi connectivity index (χ0n) is 14.0. The lowest BCUT2D eigenvalue weighted by Crippen LogP contribution is -2.47. The fraction of sp³-hybridized carbons (Fsp3) is 0.611. The summed E-state index contributed by atoms with van der Waals surface area (Å²) >= 11 is 0. The predicted molar refractivity (Wildman–Crippen MR) is 92.1 cm³/mol. The fourth-order valence-corrected chi connectivity index (χ4v) is 3.24. The number of nitrogens with one attached hydrogen (secondary N) is 2. The van der Waals surface area contributed by atoms with Crippen molar-refractivity contribution < 1.29 is 9.47 Å². The van der Waals surface area contributed by atoms with Crippen LogP contribution in [0.1, 0.15) is 31.7 Å². The topological polar surface area (TPSA) is 54.9 Å². The first-order chi connectivity index (χ1) is 11.2. The number of nitrogens with zero attached hydrogens (tertiary/aromatic N) is 1. The zero-order chi connectivity index (χ0) is 16.1. The maximum atomic E-state index is 5.89. The Morgan fingerprint density at radius 2 is 2.13 bits per heavy atom. The monoisotopic (exact) mass is 317 g/mol. The molecule has 0 spiro atoms. The van der Waals surface area contributed by atoms with Crippen molar-refractivity contribution in [1.82, 2.24) is 10.6 Å². The van der Waals surface area contributed by atoms with Crippen LogP contribution in [0.2, 0.25) is 0 Å². The molecule has 0 aliphatic carbocycles. The molecule has 3 unspecified atom stereocenters. The van der Waals surface area contributed by atoms with Crippen LogP contribution in [-0.2, 0) is 4.74 Å². The highest BCUT2D eigenvalue weighted by Gasteiger charge is 2.41. The minimum atomic E-state index is 0.354. The van der Waals surface area contributed by atoms with Crippen molar-refractivity contribution in [3.8, 4) is 5.75 Å². The van der Waals surface area contributed by atoms with E-state index in [1.807, 2.05) is 12.1 Å². The SMILES string of the molecule is CCNC(=NCCOc1ccc(C)cc1)NC1CC2CCC1O2. The van der Waals surface area contributed by atoms with Crippen molar-refractivity contribution in [2.45, 2.75) is 51.4 Å². The molecule has 2 aliphatic heterocycles. The van der Waals surface area contributed by atoms with E-state index in [9.17, 15) is 0 Å². The lowest BCUT2D eigenvalue weighted by Gasteiger charge is -2.22. The van der Waals surface area contributed by atoms with Gasteiger partial charge in [-0.3, -0.25) is 0 Å². The number of hydrogen-bond donors (Lipinski definition) is 2. The van der Waals surface area contributed by atoms with Gasteiger partial charge < -0.3 is 20.1 Å². The Hall–Kier alpha value is -1.75. The molecular formula is C18H27N3O2. The summed E-state index contributed by atoms with van der Waals surface area (Å²) in [6.45, 7) is 6.21. The second-order valence-electron chi connectivity index (χ2n) is 6.28. The highest BCUT2D eigenvalue weighted by Crippen LogP contribution is 2.34. The third-order valence-corrected chi connectivity index (χ3v) is 4.42. The largest absolute Gasteiger partial charge is 0.492 e. The fourth-order valence-electron chi connectivity index (χ4n) is 3.24. The van der Waals surface area contributed by atoms with Crippen LogP contribution in [0.15, 0.2) is 29.3 Å². The van der Waals surface area contributed by atoms with E-state index in [-0.39, 0.29) is 0 Å². The van der Waals surface area contributed by atoms with Gasteiger partial charge >= 0.3 is 0 Å². The number of guanidine groups is 1. The highest BCUT2D eigenvalue weighted by molar-refractivity contribution is 5.80. The summed E-state index contributed by atoms with van der Waals surface area (Å²) in [6.07, 6.45) is 4.27. The molecule has 0 aromatic heterocycles. The molecule has 2 aliphatic rings. The van der Waals surface area contributed by atoms with E-state index in [1.54, 1.807) is 0 Å². The lowest BCUT2D eigenvalue weighted by atomic mass is 9.96. The molecule has 5 heteroatoms. The van der Waals surface area contributed by atoms with Gasteiger partial charge in [-0.1, -0.05) is 17.7 Å². The van der Waals surface area contributed by atoms with E-state index < -0.39 is 0 Å². The molecule has 1 aromatic carbocycles. The quantitative estimate of drug-likeness (QED) is 0.480. The molecule has 3 rings (SSSR count). The van der Waals surface area contributed by atoms with Gasteiger partial charge in [-0.2, -0.15) is 0 Å². The van der Waals surface area contributed by atoms with Crippen molar-refractivity contribution in [1.29, 1.82) is 0 Å². The smallest absolute Gasteiger partial charge is 0.191 e. The predicted octanol–water partition coefficient (Wildman–Crippen LogP) is 2.25. The van der Waals surface area contributed by atoms with Crippen LogP contribution in [0, 0.1) is 6.92 Å². The number of aliphatic imine (C=N–C) groups is 1. The van der Waals surface area contributed by atoms with E-state index >= 15 is 0 Å². The Bertz CT molecular complexity index is 530. The van der Waals surface area contributed by atoms with Crippen LogP contribution in [0.5, 0.6) is 5.75 Å². The second kappa shape index (κ2) is 7.68. The van der Waals surface area contributed by atoms with Crippen LogP contribution in [-0.4, -0.2) is 43.9 Å². The number of aryl methyl sites for hydroxylation is 1. The first-order valence-electron chi connectivity index (χ1n) is 8.64. The van der Waals surface area contributed by atoms with Gasteiger partial charge in [-0.25, -0.2) is 4.99 Å². The highest BCUT2D eigenvalue weighted by atomic mass is 16.5. The van der Waals surface area contributed by atoms with Crippen molar-refractivity contribution in [3.05, 3.63) is 29.8 Å². The van der Waals surface area contributed by atoms with E-state index in [4.69, 9.17) is 9.47 Å². The number of fused-ring (bicyclic) bond motifs is 2. The standard InChI is InChI=1S/C18H27N3O2/c1-3-19-18(21-16-12-15-8-9-17(16)23-15)20-10-11-22-14-6-4-13(2)5-7-14/h4-7,15-17H,3,8-12H2,1-2H3,(H2,19,20,21). The van der Waals surface area contributed by atoms with Crippen LogP contribution in [0.25, 0.3) is 0 Å². The Labute approximate surface area is 138 Å². The van der Waals surface area contributed by atoms with Gasteiger partial charge in [0.2, 0.25) is 0 Å². The van der Waals surface area contributed by atoms with Crippen LogP contribution in [0.3, 0.4) is 0 Å². The number of rotatable bonds is 6. The van der Waals surface area contributed by atoms with E-state index in [0.29, 0.717) is 31.4 Å². The summed E-state index contributed by atoms with van der Waals surface area (Å²) in [6, 6.07) is 8.49. The van der Waals surface area contributed by atoms with Gasteiger partial charge in [0, 0.05) is 6.54 Å². The van der Waals surface area contributed by atoms with Crippen molar-refractivity contribution >= 4 is 5.96 Å². The van der Waals surface area contributed by atoms with Gasteiger partial charge in [0.15, 0.2) is 5.96 Å². The molecule has 1 aromatic rings. The Kier molecular flexibility index (Phi) is 5.39. The van der Waals surface area contributed by atoms with Gasteiger partial charge in [-0.05, 0) is 45.2 Å². The summed E-state index contributed by atoms with van der Waals surface area (Å²) in [5, 5.41) is 6.82. The molecule has 2 heterocycles. The molecule has 0 saturated carbocycles. The Morgan fingerprint density at radius 3 is 2.78 bits per heavy atom. The molecule has 2 bridgehead atoms. The zero-order valence-corrected chi connectivity index (χ0v) is 14.0. The molecule has 126 valence electrons. The van der Waals surface area contributed by atoms with Crippen molar-refractivity contribution in [2.75, 3.05) is 19.7 Å². The summed E-state index contributed by atoms with van der Waals surface area (Å²) in [5.74, 6) is 1.76. The Morgan fingerprint density at radius 1 is 1.30 bits per heavy atom. The second-order valence-corrected chi connectivity index (χ2v) is 6.28. The van der Waals surface area contributed by atoms with E-state index in [1.165, 1.54) is 12.0 Å². The van der Waals surface area contributed by atoms with Crippen molar-refractivity contribution in [2.24, 2.45) is 4.99 Å². The third kappa shape index (κ3) is 4.38. The van der Waals surface area contributed by atoms with Gasteiger partial charge in [0.05, 0.1) is 24.8 Å². The van der Waals surface area contributed by atoms with Gasteiger partial charge in [-0.15, -0.1) is 0 Å². The van der Waals surface area contributed by atoms with Crippen LogP contribution < -0.4 is 15.4 Å². The first-order valence-corrected chi connectivity index (χ1v) is 8.64. The first kappa shape index (κ1) is 16.1. The molecule has 5 nitrogen and oxygen atoms in total. The average Bonchev–Trinajstić information content (AvgIpc) is 3.16. The minimum Gasteiger partial charge on any atom is -0.492 e. The maximum Gasteiger partial charge on any atom is 0.191 e. The maximum absolute atomic E-state index is 5.89. The number of benzene rings is 1. The average molecular weight is 317 g/mol.